The van der Waals surface area contributed by atoms with Gasteiger partial charge < -0.3 is 10.3 Å². The highest BCUT2D eigenvalue weighted by atomic mass is 35.5. The number of hydrogen-bond acceptors (Lipinski definition) is 1. The van der Waals surface area contributed by atoms with Gasteiger partial charge in [-0.15, -0.1) is 0 Å². The summed E-state index contributed by atoms with van der Waals surface area (Å²) in [4.78, 5) is 15.8. The number of halogens is 1. The Bertz CT molecular complexity index is 869. The lowest BCUT2D eigenvalue weighted by molar-refractivity contribution is -0.121. The first-order valence-electron chi connectivity index (χ1n) is 8.63. The second-order valence-electron chi connectivity index (χ2n) is 6.77. The van der Waals surface area contributed by atoms with Crippen LogP contribution in [0, 0.1) is 5.92 Å². The number of rotatable bonds is 6. The number of carbonyl (C=O) groups excluding carboxylic acids is 1. The number of amides is 1. The Kier molecular flexibility index (Phi) is 5.44. The topological polar surface area (TPSA) is 44.9 Å². The Labute approximate surface area is 153 Å². The minimum Gasteiger partial charge on any atom is -0.361 e. The van der Waals surface area contributed by atoms with Gasteiger partial charge >= 0.3 is 0 Å². The average molecular weight is 355 g/mol. The Balaban J connectivity index is 1.98. The van der Waals surface area contributed by atoms with Crippen molar-refractivity contribution in [2.24, 2.45) is 5.92 Å². The summed E-state index contributed by atoms with van der Waals surface area (Å²) >= 11 is 6.46. The zero-order chi connectivity index (χ0) is 17.8. The van der Waals surface area contributed by atoms with E-state index in [1.165, 1.54) is 0 Å². The fraction of sp³-hybridized carbons (Fsp3) is 0.286. The van der Waals surface area contributed by atoms with Gasteiger partial charge in [0.1, 0.15) is 0 Å². The Morgan fingerprint density at radius 2 is 1.80 bits per heavy atom. The molecule has 0 saturated carbocycles. The monoisotopic (exact) mass is 354 g/mol. The molecule has 0 fully saturated rings. The van der Waals surface area contributed by atoms with Crippen molar-refractivity contribution in [3.63, 3.8) is 0 Å². The first kappa shape index (κ1) is 17.6. The summed E-state index contributed by atoms with van der Waals surface area (Å²) < 4.78 is 0. The van der Waals surface area contributed by atoms with Crippen LogP contribution in [0.3, 0.4) is 0 Å². The predicted molar refractivity (Wildman–Crippen MR) is 104 cm³/mol. The summed E-state index contributed by atoms with van der Waals surface area (Å²) in [6.45, 7) is 4.86. The van der Waals surface area contributed by atoms with E-state index in [-0.39, 0.29) is 11.8 Å². The van der Waals surface area contributed by atoms with Gasteiger partial charge in [-0.1, -0.05) is 61.8 Å². The van der Waals surface area contributed by atoms with Crippen LogP contribution in [0.2, 0.25) is 5.02 Å². The van der Waals surface area contributed by atoms with Crippen LogP contribution in [-0.2, 0) is 4.79 Å². The molecular formula is C21H23ClN2O. The molecule has 1 amide bonds. The Hall–Kier alpha value is -2.26. The number of aromatic nitrogens is 1. The van der Waals surface area contributed by atoms with Crippen LogP contribution in [-0.4, -0.2) is 17.4 Å². The summed E-state index contributed by atoms with van der Waals surface area (Å²) in [7, 11) is 0. The summed E-state index contributed by atoms with van der Waals surface area (Å²) in [5.74, 6) is 0.386. The lowest BCUT2D eigenvalue weighted by atomic mass is 9.88. The van der Waals surface area contributed by atoms with Crippen LogP contribution < -0.4 is 5.32 Å². The maximum Gasteiger partial charge on any atom is 0.220 e. The normalized spacial score (nSPS) is 12.5. The number of benzene rings is 2. The number of H-pyrrole nitrogens is 1. The first-order chi connectivity index (χ1) is 12.1. The third-order valence-corrected chi connectivity index (χ3v) is 4.72. The number of aromatic amines is 1. The summed E-state index contributed by atoms with van der Waals surface area (Å²) in [5, 5.41) is 4.84. The molecule has 0 unspecified atom stereocenters. The van der Waals surface area contributed by atoms with Crippen molar-refractivity contribution >= 4 is 28.4 Å². The highest BCUT2D eigenvalue weighted by Gasteiger charge is 2.23. The molecule has 3 nitrogen and oxygen atoms in total. The maximum absolute atomic E-state index is 12.5. The van der Waals surface area contributed by atoms with E-state index >= 15 is 0 Å². The van der Waals surface area contributed by atoms with Crippen molar-refractivity contribution in [3.8, 4) is 0 Å². The Morgan fingerprint density at radius 3 is 2.56 bits per heavy atom. The molecule has 0 radical (unpaired) electrons. The fourth-order valence-electron chi connectivity index (χ4n) is 3.10. The second-order valence-corrected chi connectivity index (χ2v) is 7.17. The smallest absolute Gasteiger partial charge is 0.220 e. The number of nitrogens with one attached hydrogen (secondary N) is 2. The molecule has 2 N–H and O–H groups in total. The van der Waals surface area contributed by atoms with E-state index in [1.807, 2.05) is 48.7 Å². The molecule has 4 heteroatoms. The van der Waals surface area contributed by atoms with Crippen molar-refractivity contribution in [1.82, 2.24) is 10.3 Å². The lowest BCUT2D eigenvalue weighted by Gasteiger charge is -2.19. The number of carbonyl (C=O) groups is 1. The van der Waals surface area contributed by atoms with Crippen molar-refractivity contribution in [3.05, 3.63) is 70.9 Å². The number of fused-ring (bicyclic) bond motifs is 1. The van der Waals surface area contributed by atoms with Crippen molar-refractivity contribution in [2.45, 2.75) is 26.2 Å². The maximum atomic E-state index is 12.5. The summed E-state index contributed by atoms with van der Waals surface area (Å²) in [6.07, 6.45) is 2.37. The SMILES string of the molecule is CC(C)CNC(=O)C[C@H](c1ccccc1Cl)c1c[nH]c2ccccc12. The van der Waals surface area contributed by atoms with Crippen LogP contribution in [0.15, 0.2) is 54.7 Å². The highest BCUT2D eigenvalue weighted by Crippen LogP contribution is 2.36. The molecule has 1 heterocycles. The third kappa shape index (κ3) is 4.05. The molecular weight excluding hydrogens is 332 g/mol. The van der Waals surface area contributed by atoms with E-state index in [9.17, 15) is 4.79 Å². The van der Waals surface area contributed by atoms with Gasteiger partial charge in [-0.2, -0.15) is 0 Å². The molecule has 3 rings (SSSR count). The van der Waals surface area contributed by atoms with Gasteiger partial charge in [0.05, 0.1) is 0 Å². The minimum absolute atomic E-state index is 0.0453. The van der Waals surface area contributed by atoms with Crippen molar-refractivity contribution in [2.75, 3.05) is 6.54 Å². The van der Waals surface area contributed by atoms with E-state index < -0.39 is 0 Å². The molecule has 0 aliphatic carbocycles. The Morgan fingerprint density at radius 1 is 1.08 bits per heavy atom. The lowest BCUT2D eigenvalue weighted by Crippen LogP contribution is -2.28. The van der Waals surface area contributed by atoms with Crippen LogP contribution in [0.1, 0.15) is 37.3 Å². The van der Waals surface area contributed by atoms with Crippen LogP contribution in [0.25, 0.3) is 10.9 Å². The van der Waals surface area contributed by atoms with E-state index in [2.05, 4.69) is 30.2 Å². The molecule has 2 aromatic carbocycles. The van der Waals surface area contributed by atoms with Crippen LogP contribution in [0.5, 0.6) is 0 Å². The molecule has 25 heavy (non-hydrogen) atoms. The first-order valence-corrected chi connectivity index (χ1v) is 9.01. The van der Waals surface area contributed by atoms with Gasteiger partial charge in [0, 0.05) is 41.0 Å². The van der Waals surface area contributed by atoms with Gasteiger partial charge in [0.15, 0.2) is 0 Å². The largest absolute Gasteiger partial charge is 0.361 e. The van der Waals surface area contributed by atoms with E-state index in [4.69, 9.17) is 11.6 Å². The van der Waals surface area contributed by atoms with Gasteiger partial charge in [-0.3, -0.25) is 4.79 Å². The predicted octanol–water partition coefficient (Wildman–Crippen LogP) is 5.12. The van der Waals surface area contributed by atoms with Gasteiger partial charge in [0.25, 0.3) is 0 Å². The minimum atomic E-state index is -0.0861. The molecule has 130 valence electrons. The average Bonchev–Trinajstić information content (AvgIpc) is 3.02. The van der Waals surface area contributed by atoms with Crippen LogP contribution in [0.4, 0.5) is 0 Å². The van der Waals surface area contributed by atoms with Gasteiger partial charge in [-0.05, 0) is 29.2 Å². The fourth-order valence-corrected chi connectivity index (χ4v) is 3.37. The van der Waals surface area contributed by atoms with Crippen LogP contribution >= 0.6 is 11.6 Å². The molecule has 3 aromatic rings. The van der Waals surface area contributed by atoms with Crippen molar-refractivity contribution in [1.29, 1.82) is 0 Å². The van der Waals surface area contributed by atoms with E-state index in [0.717, 1.165) is 22.0 Å². The molecule has 0 bridgehead atoms. The van der Waals surface area contributed by atoms with Crippen molar-refractivity contribution < 1.29 is 4.79 Å². The molecule has 0 saturated heterocycles. The number of para-hydroxylation sites is 1. The zero-order valence-electron chi connectivity index (χ0n) is 14.6. The molecule has 0 aliphatic heterocycles. The third-order valence-electron chi connectivity index (χ3n) is 4.37. The number of hydrogen-bond donors (Lipinski definition) is 2. The zero-order valence-corrected chi connectivity index (χ0v) is 15.3. The van der Waals surface area contributed by atoms with E-state index in [1.54, 1.807) is 0 Å². The quantitative estimate of drug-likeness (QED) is 0.634. The summed E-state index contributed by atoms with van der Waals surface area (Å²) in [6, 6.07) is 15.9. The molecule has 0 spiro atoms. The van der Waals surface area contributed by atoms with Gasteiger partial charge in [0.2, 0.25) is 5.91 Å². The highest BCUT2D eigenvalue weighted by molar-refractivity contribution is 6.31. The molecule has 1 atom stereocenters. The molecule has 1 aromatic heterocycles. The second kappa shape index (κ2) is 7.75. The van der Waals surface area contributed by atoms with Gasteiger partial charge in [-0.25, -0.2) is 0 Å². The molecule has 0 aliphatic rings. The standard InChI is InChI=1S/C21H23ClN2O/c1-14(2)12-24-21(25)11-17(15-7-3-5-9-19(15)22)18-13-23-20-10-6-4-8-16(18)20/h3-10,13-14,17,23H,11-12H2,1-2H3,(H,24,25)/t17-/m1/s1. The van der Waals surface area contributed by atoms with E-state index in [0.29, 0.717) is 23.9 Å². The summed E-state index contributed by atoms with van der Waals surface area (Å²) in [5.41, 5.74) is 3.15.